The highest BCUT2D eigenvalue weighted by Crippen LogP contribution is 2.34. The molecule has 0 radical (unpaired) electrons. The van der Waals surface area contributed by atoms with E-state index in [9.17, 15) is 4.79 Å². The molecule has 0 unspecified atom stereocenters. The zero-order valence-corrected chi connectivity index (χ0v) is 16.3. The van der Waals surface area contributed by atoms with Crippen molar-refractivity contribution in [3.63, 3.8) is 0 Å². The van der Waals surface area contributed by atoms with Gasteiger partial charge in [-0.25, -0.2) is 0 Å². The number of fused-ring (bicyclic) bond motifs is 1. The van der Waals surface area contributed by atoms with Crippen LogP contribution in [0.2, 0.25) is 0 Å². The summed E-state index contributed by atoms with van der Waals surface area (Å²) in [5, 5.41) is 4.36. The minimum Gasteiger partial charge on any atom is -0.496 e. The molecule has 0 spiro atoms. The molecule has 142 valence electrons. The smallest absolute Gasteiger partial charge is 0.291 e. The summed E-state index contributed by atoms with van der Waals surface area (Å²) < 4.78 is 17.9. The summed E-state index contributed by atoms with van der Waals surface area (Å²) >= 11 is 1.27. The largest absolute Gasteiger partial charge is 0.496 e. The van der Waals surface area contributed by atoms with Crippen molar-refractivity contribution in [2.45, 2.75) is 0 Å². The van der Waals surface area contributed by atoms with E-state index in [0.717, 1.165) is 5.56 Å². The van der Waals surface area contributed by atoms with Gasteiger partial charge < -0.3 is 14.2 Å². The lowest BCUT2D eigenvalue weighted by Crippen LogP contribution is -2.23. The molecule has 0 amide bonds. The van der Waals surface area contributed by atoms with Crippen LogP contribution < -0.4 is 24.3 Å². The topological polar surface area (TPSA) is 74.9 Å². The first-order valence-corrected chi connectivity index (χ1v) is 9.23. The maximum Gasteiger partial charge on any atom is 0.291 e. The minimum atomic E-state index is -0.230. The van der Waals surface area contributed by atoms with Gasteiger partial charge >= 0.3 is 0 Å². The molecule has 7 nitrogen and oxygen atoms in total. The third kappa shape index (κ3) is 3.07. The zero-order valence-electron chi connectivity index (χ0n) is 15.5. The molecule has 0 aliphatic carbocycles. The Morgan fingerprint density at radius 2 is 1.64 bits per heavy atom. The Hall–Kier alpha value is -3.39. The van der Waals surface area contributed by atoms with Gasteiger partial charge in [0, 0.05) is 17.2 Å². The molecule has 0 aliphatic heterocycles. The monoisotopic (exact) mass is 395 g/mol. The second-order valence-electron chi connectivity index (χ2n) is 5.86. The first-order chi connectivity index (χ1) is 13.6. The molecular weight excluding hydrogens is 378 g/mol. The van der Waals surface area contributed by atoms with Crippen molar-refractivity contribution < 1.29 is 14.2 Å². The summed E-state index contributed by atoms with van der Waals surface area (Å²) in [6, 6.07) is 13.0. The molecule has 0 N–H and O–H groups in total. The first-order valence-electron chi connectivity index (χ1n) is 8.41. The lowest BCUT2D eigenvalue weighted by Gasteiger charge is -2.11. The molecule has 4 rings (SSSR count). The molecule has 0 fully saturated rings. The minimum absolute atomic E-state index is 0.230. The summed E-state index contributed by atoms with van der Waals surface area (Å²) in [5.41, 5.74) is 1.33. The van der Waals surface area contributed by atoms with Crippen LogP contribution >= 0.6 is 11.3 Å². The van der Waals surface area contributed by atoms with Gasteiger partial charge in [-0.15, -0.1) is 5.10 Å². The van der Waals surface area contributed by atoms with Crippen molar-refractivity contribution in [1.82, 2.24) is 14.6 Å². The summed E-state index contributed by atoms with van der Waals surface area (Å²) in [4.78, 5) is 17.8. The fourth-order valence-corrected chi connectivity index (χ4v) is 3.75. The van der Waals surface area contributed by atoms with Crippen LogP contribution in [0.5, 0.6) is 17.2 Å². The Bertz CT molecular complexity index is 1250. The number of ether oxygens (including phenoxy) is 3. The fraction of sp³-hybridized carbons (Fsp3) is 0.150. The quantitative estimate of drug-likeness (QED) is 0.517. The number of methoxy groups -OCH3 is 3. The lowest BCUT2D eigenvalue weighted by molar-refractivity contribution is 0.348. The molecular formula is C20H17N3O4S. The maximum atomic E-state index is 12.8. The number of nitrogens with zero attached hydrogens (tertiary/aromatic N) is 3. The highest BCUT2D eigenvalue weighted by Gasteiger charge is 2.14. The van der Waals surface area contributed by atoms with Crippen LogP contribution in [0, 0.1) is 0 Å². The van der Waals surface area contributed by atoms with E-state index in [2.05, 4.69) is 10.1 Å². The molecule has 2 heterocycles. The SMILES string of the molecule is COc1cc(OC)c(OC)cc1/C=c1\sc2nc(-c3ccccc3)nn2c1=O. The van der Waals surface area contributed by atoms with Crippen LogP contribution in [-0.4, -0.2) is 35.9 Å². The molecule has 0 bridgehead atoms. The van der Waals surface area contributed by atoms with Crippen LogP contribution in [0.15, 0.2) is 47.3 Å². The molecule has 0 saturated carbocycles. The van der Waals surface area contributed by atoms with Crippen molar-refractivity contribution in [1.29, 1.82) is 0 Å². The van der Waals surface area contributed by atoms with Crippen LogP contribution in [0.1, 0.15) is 5.56 Å². The van der Waals surface area contributed by atoms with Gasteiger partial charge in [0.05, 0.1) is 25.9 Å². The van der Waals surface area contributed by atoms with Crippen molar-refractivity contribution in [2.75, 3.05) is 21.3 Å². The Morgan fingerprint density at radius 3 is 2.29 bits per heavy atom. The Labute approximate surface area is 164 Å². The Kier molecular flexibility index (Phi) is 4.70. The average Bonchev–Trinajstić information content (AvgIpc) is 3.28. The molecule has 2 aromatic carbocycles. The van der Waals surface area contributed by atoms with Crippen molar-refractivity contribution in [3.05, 3.63) is 62.9 Å². The molecule has 0 atom stereocenters. The number of thiazole rings is 1. The van der Waals surface area contributed by atoms with E-state index in [4.69, 9.17) is 14.2 Å². The molecule has 2 aromatic heterocycles. The van der Waals surface area contributed by atoms with Gasteiger partial charge in [0.25, 0.3) is 5.56 Å². The van der Waals surface area contributed by atoms with Gasteiger partial charge in [-0.3, -0.25) is 4.79 Å². The summed E-state index contributed by atoms with van der Waals surface area (Å²) in [6.07, 6.45) is 1.74. The standard InChI is InChI=1S/C20H17N3O4S/c1-25-14-11-16(27-3)15(26-2)9-13(14)10-17-19(24)23-20(28-17)21-18(22-23)12-7-5-4-6-8-12/h4-11H,1-3H3/b17-10-. The van der Waals surface area contributed by atoms with E-state index < -0.39 is 0 Å². The summed E-state index contributed by atoms with van der Waals surface area (Å²) in [7, 11) is 4.67. The first kappa shape index (κ1) is 18.0. The third-order valence-electron chi connectivity index (χ3n) is 4.24. The number of aromatic nitrogens is 3. The van der Waals surface area contributed by atoms with Gasteiger partial charge in [0.1, 0.15) is 5.75 Å². The second kappa shape index (κ2) is 7.32. The highest BCUT2D eigenvalue weighted by molar-refractivity contribution is 7.15. The maximum absolute atomic E-state index is 12.8. The van der Waals surface area contributed by atoms with Crippen molar-refractivity contribution in [3.8, 4) is 28.6 Å². The molecule has 0 saturated heterocycles. The van der Waals surface area contributed by atoms with Gasteiger partial charge in [0.15, 0.2) is 17.3 Å². The highest BCUT2D eigenvalue weighted by atomic mass is 32.1. The Balaban J connectivity index is 1.84. The van der Waals surface area contributed by atoms with Gasteiger partial charge in [-0.1, -0.05) is 41.7 Å². The van der Waals surface area contributed by atoms with E-state index in [1.54, 1.807) is 39.5 Å². The van der Waals surface area contributed by atoms with Crippen LogP contribution in [0.3, 0.4) is 0 Å². The van der Waals surface area contributed by atoms with Gasteiger partial charge in [0.2, 0.25) is 4.96 Å². The third-order valence-corrected chi connectivity index (χ3v) is 5.20. The summed E-state index contributed by atoms with van der Waals surface area (Å²) in [6.45, 7) is 0. The predicted octanol–water partition coefficient (Wildman–Crippen LogP) is 2.39. The van der Waals surface area contributed by atoms with E-state index in [-0.39, 0.29) is 5.56 Å². The van der Waals surface area contributed by atoms with Crippen molar-refractivity contribution in [2.24, 2.45) is 0 Å². The predicted molar refractivity (Wildman–Crippen MR) is 107 cm³/mol. The molecule has 28 heavy (non-hydrogen) atoms. The average molecular weight is 395 g/mol. The zero-order chi connectivity index (χ0) is 19.7. The van der Waals surface area contributed by atoms with Crippen LogP contribution in [0.25, 0.3) is 22.4 Å². The second-order valence-corrected chi connectivity index (χ2v) is 6.87. The lowest BCUT2D eigenvalue weighted by atomic mass is 10.1. The van der Waals surface area contributed by atoms with E-state index in [1.807, 2.05) is 30.3 Å². The van der Waals surface area contributed by atoms with Crippen molar-refractivity contribution >= 4 is 22.4 Å². The van der Waals surface area contributed by atoms with E-state index >= 15 is 0 Å². The summed E-state index contributed by atoms with van der Waals surface area (Å²) in [5.74, 6) is 2.20. The van der Waals surface area contributed by atoms with E-state index in [1.165, 1.54) is 15.9 Å². The number of benzene rings is 2. The normalized spacial score (nSPS) is 11.8. The van der Waals surface area contributed by atoms with Gasteiger partial charge in [-0.2, -0.15) is 9.50 Å². The molecule has 0 aliphatic rings. The van der Waals surface area contributed by atoms with Gasteiger partial charge in [-0.05, 0) is 12.1 Å². The molecule has 8 heteroatoms. The molecule has 4 aromatic rings. The Morgan fingerprint density at radius 1 is 0.964 bits per heavy atom. The number of hydrogen-bond acceptors (Lipinski definition) is 7. The number of rotatable bonds is 5. The van der Waals surface area contributed by atoms with Crippen LogP contribution in [-0.2, 0) is 0 Å². The van der Waals surface area contributed by atoms with Crippen LogP contribution in [0.4, 0.5) is 0 Å². The fourth-order valence-electron chi connectivity index (χ4n) is 2.85. The number of hydrogen-bond donors (Lipinski definition) is 0. The van der Waals surface area contributed by atoms with E-state index in [0.29, 0.717) is 38.1 Å².